The molecule has 3 atom stereocenters. The molecule has 0 bridgehead atoms. The Bertz CT molecular complexity index is 1190. The summed E-state index contributed by atoms with van der Waals surface area (Å²) >= 11 is 0. The van der Waals surface area contributed by atoms with E-state index in [1.165, 1.54) is 24.8 Å². The number of fused-ring (bicyclic) bond motifs is 2. The molecule has 2 aliphatic heterocycles. The molecular formula is C29H34FN3O4. The first-order valence-corrected chi connectivity index (χ1v) is 13.2. The van der Waals surface area contributed by atoms with Gasteiger partial charge < -0.3 is 19.9 Å². The van der Waals surface area contributed by atoms with Crippen LogP contribution >= 0.6 is 0 Å². The molecule has 1 aliphatic carbocycles. The van der Waals surface area contributed by atoms with Crippen molar-refractivity contribution < 1.29 is 23.5 Å². The molecule has 1 N–H and O–H groups in total. The molecule has 3 aliphatic rings. The molecule has 37 heavy (non-hydrogen) atoms. The predicted molar refractivity (Wildman–Crippen MR) is 136 cm³/mol. The fourth-order valence-electron chi connectivity index (χ4n) is 6.10. The molecule has 3 amide bonds. The molecular weight excluding hydrogens is 473 g/mol. The number of hydrogen-bond acceptors (Lipinski definition) is 4. The Morgan fingerprint density at radius 2 is 1.84 bits per heavy atom. The SMILES string of the molecule is COc1ccc(C(=O)N2CCCCCNC(=O)C3CC(C(=O)N4CCc5ccccc5C4)CC32)cc1F. The Balaban J connectivity index is 1.39. The highest BCUT2D eigenvalue weighted by molar-refractivity contribution is 5.95. The number of ether oxygens (including phenoxy) is 1. The van der Waals surface area contributed by atoms with Crippen LogP contribution < -0.4 is 10.1 Å². The molecule has 1 saturated carbocycles. The van der Waals surface area contributed by atoms with Crippen LogP contribution in [0, 0.1) is 17.7 Å². The summed E-state index contributed by atoms with van der Waals surface area (Å²) in [6.45, 7) is 2.29. The van der Waals surface area contributed by atoms with Crippen LogP contribution in [0.5, 0.6) is 5.75 Å². The second-order valence-corrected chi connectivity index (χ2v) is 10.3. The smallest absolute Gasteiger partial charge is 0.254 e. The molecule has 3 unspecified atom stereocenters. The summed E-state index contributed by atoms with van der Waals surface area (Å²) in [5.41, 5.74) is 2.65. The van der Waals surface area contributed by atoms with E-state index < -0.39 is 17.8 Å². The van der Waals surface area contributed by atoms with Crippen molar-refractivity contribution in [2.45, 2.75) is 51.1 Å². The number of carbonyl (C=O) groups excluding carboxylic acids is 3. The summed E-state index contributed by atoms with van der Waals surface area (Å²) < 4.78 is 19.4. The summed E-state index contributed by atoms with van der Waals surface area (Å²) in [6, 6.07) is 12.0. The van der Waals surface area contributed by atoms with Gasteiger partial charge in [-0.3, -0.25) is 14.4 Å². The first-order valence-electron chi connectivity index (χ1n) is 13.2. The van der Waals surface area contributed by atoms with E-state index in [1.807, 2.05) is 17.0 Å². The van der Waals surface area contributed by atoms with E-state index in [1.54, 1.807) is 11.0 Å². The van der Waals surface area contributed by atoms with Crippen molar-refractivity contribution >= 4 is 17.7 Å². The highest BCUT2D eigenvalue weighted by Gasteiger charge is 2.47. The number of benzene rings is 2. The summed E-state index contributed by atoms with van der Waals surface area (Å²) in [4.78, 5) is 44.2. The molecule has 0 aromatic heterocycles. The van der Waals surface area contributed by atoms with Crippen LogP contribution in [0.2, 0.25) is 0 Å². The molecule has 196 valence electrons. The number of amides is 3. The van der Waals surface area contributed by atoms with Crippen molar-refractivity contribution in [3.8, 4) is 5.75 Å². The summed E-state index contributed by atoms with van der Waals surface area (Å²) in [7, 11) is 1.38. The quantitative estimate of drug-likeness (QED) is 0.689. The van der Waals surface area contributed by atoms with Gasteiger partial charge in [-0.05, 0) is 67.9 Å². The van der Waals surface area contributed by atoms with Crippen molar-refractivity contribution in [2.75, 3.05) is 26.7 Å². The first-order chi connectivity index (χ1) is 18.0. The second-order valence-electron chi connectivity index (χ2n) is 10.3. The third-order valence-corrected chi connectivity index (χ3v) is 8.09. The van der Waals surface area contributed by atoms with Crippen LogP contribution in [0.1, 0.15) is 53.6 Å². The molecule has 2 aromatic carbocycles. The lowest BCUT2D eigenvalue weighted by Crippen LogP contribution is -2.48. The molecule has 2 fully saturated rings. The van der Waals surface area contributed by atoms with Gasteiger partial charge in [-0.15, -0.1) is 0 Å². The Morgan fingerprint density at radius 3 is 2.62 bits per heavy atom. The summed E-state index contributed by atoms with van der Waals surface area (Å²) in [5, 5.41) is 3.02. The first kappa shape index (κ1) is 25.2. The Hall–Kier alpha value is -3.42. The van der Waals surface area contributed by atoms with Crippen LogP contribution in [-0.4, -0.2) is 60.3 Å². The van der Waals surface area contributed by atoms with Gasteiger partial charge >= 0.3 is 0 Å². The van der Waals surface area contributed by atoms with E-state index >= 15 is 0 Å². The zero-order valence-electron chi connectivity index (χ0n) is 21.2. The van der Waals surface area contributed by atoms with Gasteiger partial charge in [-0.2, -0.15) is 0 Å². The minimum absolute atomic E-state index is 0.0487. The van der Waals surface area contributed by atoms with E-state index in [4.69, 9.17) is 4.74 Å². The molecule has 1 saturated heterocycles. The molecule has 2 heterocycles. The number of halogens is 1. The molecule has 8 heteroatoms. The average molecular weight is 508 g/mol. The normalized spacial score (nSPS) is 24.1. The van der Waals surface area contributed by atoms with Crippen LogP contribution in [0.25, 0.3) is 0 Å². The third kappa shape index (κ3) is 5.20. The van der Waals surface area contributed by atoms with Gasteiger partial charge in [-0.25, -0.2) is 4.39 Å². The van der Waals surface area contributed by atoms with Gasteiger partial charge in [0.15, 0.2) is 11.6 Å². The number of nitrogens with zero attached hydrogens (tertiary/aromatic N) is 2. The lowest BCUT2D eigenvalue weighted by atomic mass is 9.97. The lowest BCUT2D eigenvalue weighted by molar-refractivity contribution is -0.136. The zero-order valence-corrected chi connectivity index (χ0v) is 21.2. The molecule has 0 radical (unpaired) electrons. The van der Waals surface area contributed by atoms with Gasteiger partial charge in [0, 0.05) is 43.7 Å². The van der Waals surface area contributed by atoms with Gasteiger partial charge in [0.1, 0.15) is 0 Å². The number of hydrogen-bond donors (Lipinski definition) is 1. The van der Waals surface area contributed by atoms with Crippen LogP contribution in [0.15, 0.2) is 42.5 Å². The monoisotopic (exact) mass is 507 g/mol. The number of methoxy groups -OCH3 is 1. The standard InChI is InChI=1S/C29H34FN3O4/c1-37-26-10-9-20(16-24(26)30)29(36)33-13-6-2-5-12-31-27(34)23-15-22(17-25(23)33)28(35)32-14-11-19-7-3-4-8-21(19)18-32/h3-4,7-10,16,22-23,25H,2,5-6,11-15,17-18H2,1H3,(H,31,34). The van der Waals surface area contributed by atoms with E-state index in [0.29, 0.717) is 39.0 Å². The van der Waals surface area contributed by atoms with E-state index in [9.17, 15) is 18.8 Å². The molecule has 7 nitrogen and oxygen atoms in total. The third-order valence-electron chi connectivity index (χ3n) is 8.09. The highest BCUT2D eigenvalue weighted by atomic mass is 19.1. The van der Waals surface area contributed by atoms with Crippen molar-refractivity contribution in [1.82, 2.24) is 15.1 Å². The Morgan fingerprint density at radius 1 is 1.03 bits per heavy atom. The molecule has 2 aromatic rings. The minimum atomic E-state index is -0.603. The zero-order chi connectivity index (χ0) is 25.9. The van der Waals surface area contributed by atoms with Crippen molar-refractivity contribution in [3.05, 3.63) is 65.0 Å². The average Bonchev–Trinajstić information content (AvgIpc) is 3.36. The van der Waals surface area contributed by atoms with Crippen LogP contribution in [0.3, 0.4) is 0 Å². The van der Waals surface area contributed by atoms with Gasteiger partial charge in [0.25, 0.3) is 5.91 Å². The number of carbonyl (C=O) groups is 3. The molecule has 0 spiro atoms. The lowest BCUT2D eigenvalue weighted by Gasteiger charge is -2.34. The maximum atomic E-state index is 14.4. The van der Waals surface area contributed by atoms with Crippen molar-refractivity contribution in [3.63, 3.8) is 0 Å². The Kier molecular flexibility index (Phi) is 7.44. The van der Waals surface area contributed by atoms with Gasteiger partial charge in [0.2, 0.25) is 11.8 Å². The number of nitrogens with one attached hydrogen (secondary N) is 1. The van der Waals surface area contributed by atoms with E-state index in [0.717, 1.165) is 31.2 Å². The second kappa shape index (κ2) is 10.9. The fourth-order valence-corrected chi connectivity index (χ4v) is 6.10. The number of rotatable bonds is 3. The fraction of sp³-hybridized carbons (Fsp3) is 0.483. The van der Waals surface area contributed by atoms with E-state index in [2.05, 4.69) is 17.4 Å². The van der Waals surface area contributed by atoms with Gasteiger partial charge in [-0.1, -0.05) is 24.3 Å². The van der Waals surface area contributed by atoms with Gasteiger partial charge in [0.05, 0.1) is 13.0 Å². The van der Waals surface area contributed by atoms with Crippen LogP contribution in [0.4, 0.5) is 4.39 Å². The minimum Gasteiger partial charge on any atom is -0.494 e. The van der Waals surface area contributed by atoms with Crippen molar-refractivity contribution in [2.24, 2.45) is 11.8 Å². The van der Waals surface area contributed by atoms with Crippen LogP contribution in [-0.2, 0) is 22.6 Å². The topological polar surface area (TPSA) is 79.0 Å². The van der Waals surface area contributed by atoms with E-state index in [-0.39, 0.29) is 35.0 Å². The largest absolute Gasteiger partial charge is 0.494 e. The maximum Gasteiger partial charge on any atom is 0.254 e. The maximum absolute atomic E-state index is 14.4. The van der Waals surface area contributed by atoms with Crippen molar-refractivity contribution in [1.29, 1.82) is 0 Å². The summed E-state index contributed by atoms with van der Waals surface area (Å²) in [6.07, 6.45) is 4.14. The predicted octanol–water partition coefficient (Wildman–Crippen LogP) is 3.56. The Labute approximate surface area is 217 Å². The highest BCUT2D eigenvalue weighted by Crippen LogP contribution is 2.38. The molecule has 5 rings (SSSR count). The summed E-state index contributed by atoms with van der Waals surface area (Å²) in [5.74, 6) is -1.72.